The van der Waals surface area contributed by atoms with E-state index in [1.54, 1.807) is 0 Å². The second kappa shape index (κ2) is 8.98. The summed E-state index contributed by atoms with van der Waals surface area (Å²) in [5, 5.41) is 10.9. The summed E-state index contributed by atoms with van der Waals surface area (Å²) < 4.78 is 6.83. The Morgan fingerprint density at radius 1 is 0.500 bits per heavy atom. The Balaban J connectivity index is 1.34. The predicted molar refractivity (Wildman–Crippen MR) is 176 cm³/mol. The standard InChI is InChI=1S/C39H26N2O/c1-2-11-25(12-3-1)28-15-8-9-20-35(28)41-36-29-16-6-4-13-26(29)22-24-34(36)40-39(41)33-19-10-18-31-32-23-21-27-14-5-7-17-30(27)37(32)42-38(31)33/h1-24,39-40H. The smallest absolute Gasteiger partial charge is 0.143 e. The molecule has 3 nitrogen and oxygen atoms in total. The van der Waals surface area contributed by atoms with Gasteiger partial charge in [0.1, 0.15) is 17.3 Å². The molecule has 0 fully saturated rings. The predicted octanol–water partition coefficient (Wildman–Crippen LogP) is 10.8. The van der Waals surface area contributed by atoms with Crippen LogP contribution in [0.4, 0.5) is 17.1 Å². The molecule has 8 aromatic rings. The van der Waals surface area contributed by atoms with E-state index in [-0.39, 0.29) is 6.17 Å². The third-order valence-electron chi connectivity index (χ3n) is 8.65. The molecular weight excluding hydrogens is 512 g/mol. The summed E-state index contributed by atoms with van der Waals surface area (Å²) >= 11 is 0. The SMILES string of the molecule is c1ccc(-c2ccccc2N2c3c(ccc4ccccc34)NC2c2cccc3c2oc2c4ccccc4ccc32)cc1. The second-order valence-corrected chi connectivity index (χ2v) is 11.0. The number of rotatable bonds is 3. The topological polar surface area (TPSA) is 28.4 Å². The molecule has 42 heavy (non-hydrogen) atoms. The Morgan fingerprint density at radius 3 is 2.05 bits per heavy atom. The van der Waals surface area contributed by atoms with Gasteiger partial charge in [0.2, 0.25) is 0 Å². The van der Waals surface area contributed by atoms with Gasteiger partial charge in [-0.2, -0.15) is 0 Å². The largest absolute Gasteiger partial charge is 0.455 e. The molecule has 0 saturated heterocycles. The molecule has 1 aromatic heterocycles. The minimum Gasteiger partial charge on any atom is -0.455 e. The van der Waals surface area contributed by atoms with E-state index in [0.29, 0.717) is 0 Å². The van der Waals surface area contributed by atoms with Gasteiger partial charge in [-0.05, 0) is 34.5 Å². The lowest BCUT2D eigenvalue weighted by atomic mass is 10.00. The van der Waals surface area contributed by atoms with E-state index in [9.17, 15) is 0 Å². The molecule has 1 unspecified atom stereocenters. The van der Waals surface area contributed by atoms with E-state index < -0.39 is 0 Å². The quantitative estimate of drug-likeness (QED) is 0.242. The molecule has 7 aromatic carbocycles. The monoisotopic (exact) mass is 538 g/mol. The highest BCUT2D eigenvalue weighted by molar-refractivity contribution is 6.16. The Kier molecular flexibility index (Phi) is 4.96. The highest BCUT2D eigenvalue weighted by Gasteiger charge is 2.36. The van der Waals surface area contributed by atoms with Gasteiger partial charge in [-0.1, -0.05) is 127 Å². The van der Waals surface area contributed by atoms with E-state index >= 15 is 0 Å². The van der Waals surface area contributed by atoms with Crippen LogP contribution in [0.25, 0.3) is 54.6 Å². The number of anilines is 3. The lowest BCUT2D eigenvalue weighted by Gasteiger charge is -2.30. The number of nitrogens with one attached hydrogen (secondary N) is 1. The molecule has 0 radical (unpaired) electrons. The van der Waals surface area contributed by atoms with Crippen LogP contribution in [0.1, 0.15) is 11.7 Å². The maximum absolute atomic E-state index is 6.83. The van der Waals surface area contributed by atoms with Crippen LogP contribution in [0.15, 0.2) is 150 Å². The summed E-state index contributed by atoms with van der Waals surface area (Å²) in [4.78, 5) is 2.47. The lowest BCUT2D eigenvalue weighted by Crippen LogP contribution is -2.24. The second-order valence-electron chi connectivity index (χ2n) is 11.0. The molecule has 1 N–H and O–H groups in total. The minimum atomic E-state index is -0.175. The van der Waals surface area contributed by atoms with Crippen molar-refractivity contribution >= 4 is 60.5 Å². The molecule has 3 heteroatoms. The molecule has 2 heterocycles. The zero-order valence-corrected chi connectivity index (χ0v) is 22.8. The molecule has 0 aliphatic carbocycles. The van der Waals surface area contributed by atoms with Crippen LogP contribution in [0.5, 0.6) is 0 Å². The van der Waals surface area contributed by atoms with Gasteiger partial charge in [-0.25, -0.2) is 0 Å². The first kappa shape index (κ1) is 23.2. The van der Waals surface area contributed by atoms with Crippen molar-refractivity contribution in [3.63, 3.8) is 0 Å². The Hall–Kier alpha value is -5.54. The van der Waals surface area contributed by atoms with Crippen molar-refractivity contribution in [2.45, 2.75) is 6.17 Å². The van der Waals surface area contributed by atoms with Gasteiger partial charge in [-0.15, -0.1) is 0 Å². The van der Waals surface area contributed by atoms with Gasteiger partial charge in [0.25, 0.3) is 0 Å². The summed E-state index contributed by atoms with van der Waals surface area (Å²) in [7, 11) is 0. The van der Waals surface area contributed by atoms with E-state index in [4.69, 9.17) is 4.42 Å². The highest BCUT2D eigenvalue weighted by Crippen LogP contribution is 2.53. The van der Waals surface area contributed by atoms with Crippen LogP contribution in [-0.2, 0) is 0 Å². The molecule has 0 spiro atoms. The third-order valence-corrected chi connectivity index (χ3v) is 8.65. The van der Waals surface area contributed by atoms with Crippen LogP contribution in [-0.4, -0.2) is 0 Å². The molecule has 0 amide bonds. The first-order valence-corrected chi connectivity index (χ1v) is 14.4. The fourth-order valence-electron chi connectivity index (χ4n) is 6.76. The van der Waals surface area contributed by atoms with Crippen LogP contribution in [0.3, 0.4) is 0 Å². The van der Waals surface area contributed by atoms with Crippen LogP contribution < -0.4 is 10.2 Å². The van der Waals surface area contributed by atoms with Crippen molar-refractivity contribution in [2.75, 3.05) is 10.2 Å². The first-order valence-electron chi connectivity index (χ1n) is 14.4. The van der Waals surface area contributed by atoms with Crippen LogP contribution >= 0.6 is 0 Å². The summed E-state index contributed by atoms with van der Waals surface area (Å²) in [5.74, 6) is 0. The molecule has 1 atom stereocenters. The van der Waals surface area contributed by atoms with Crippen molar-refractivity contribution < 1.29 is 4.42 Å². The average molecular weight is 539 g/mol. The average Bonchev–Trinajstić information content (AvgIpc) is 3.64. The molecule has 9 rings (SSSR count). The fraction of sp³-hybridized carbons (Fsp3) is 0.0256. The fourth-order valence-corrected chi connectivity index (χ4v) is 6.76. The van der Waals surface area contributed by atoms with Gasteiger partial charge >= 0.3 is 0 Å². The molecule has 1 aliphatic rings. The van der Waals surface area contributed by atoms with Crippen LogP contribution in [0, 0.1) is 0 Å². The van der Waals surface area contributed by atoms with Gasteiger partial charge in [-0.3, -0.25) is 0 Å². The summed E-state index contributed by atoms with van der Waals surface area (Å²) in [6.07, 6.45) is -0.175. The van der Waals surface area contributed by atoms with Crippen molar-refractivity contribution in [1.29, 1.82) is 0 Å². The molecule has 0 bridgehead atoms. The number of benzene rings is 7. The zero-order valence-electron chi connectivity index (χ0n) is 22.8. The maximum Gasteiger partial charge on any atom is 0.143 e. The normalized spacial score (nSPS) is 14.6. The van der Waals surface area contributed by atoms with Crippen molar-refractivity contribution in [2.24, 2.45) is 0 Å². The minimum absolute atomic E-state index is 0.175. The summed E-state index contributed by atoms with van der Waals surface area (Å²) in [5.41, 5.74) is 8.78. The summed E-state index contributed by atoms with van der Waals surface area (Å²) in [6.45, 7) is 0. The first-order chi connectivity index (χ1) is 20.8. The van der Waals surface area contributed by atoms with Gasteiger partial charge in [0.05, 0.1) is 17.1 Å². The molecule has 0 saturated carbocycles. The Bertz CT molecular complexity index is 2300. The van der Waals surface area contributed by atoms with Gasteiger partial charge in [0, 0.05) is 32.7 Å². The number of para-hydroxylation sites is 2. The maximum atomic E-state index is 6.83. The number of hydrogen-bond donors (Lipinski definition) is 1. The molecular formula is C39H26N2O. The van der Waals surface area contributed by atoms with Crippen molar-refractivity contribution in [3.8, 4) is 11.1 Å². The van der Waals surface area contributed by atoms with Gasteiger partial charge < -0.3 is 14.6 Å². The Morgan fingerprint density at radius 2 is 1.17 bits per heavy atom. The zero-order chi connectivity index (χ0) is 27.6. The van der Waals surface area contributed by atoms with Crippen LogP contribution in [0.2, 0.25) is 0 Å². The summed E-state index contributed by atoms with van der Waals surface area (Å²) in [6, 6.07) is 51.8. The number of nitrogens with zero attached hydrogens (tertiary/aromatic N) is 1. The van der Waals surface area contributed by atoms with E-state index in [0.717, 1.165) is 44.3 Å². The number of fused-ring (bicyclic) bond motifs is 8. The van der Waals surface area contributed by atoms with Crippen molar-refractivity contribution in [3.05, 3.63) is 151 Å². The number of furan rings is 1. The highest BCUT2D eigenvalue weighted by atomic mass is 16.3. The Labute approximate surface area is 243 Å². The van der Waals surface area contributed by atoms with E-state index in [1.165, 1.54) is 33.0 Å². The van der Waals surface area contributed by atoms with E-state index in [1.807, 2.05) is 0 Å². The van der Waals surface area contributed by atoms with E-state index in [2.05, 4.69) is 156 Å². The molecule has 198 valence electrons. The number of hydrogen-bond acceptors (Lipinski definition) is 3. The lowest BCUT2D eigenvalue weighted by molar-refractivity contribution is 0.659. The molecule has 1 aliphatic heterocycles. The van der Waals surface area contributed by atoms with Crippen molar-refractivity contribution in [1.82, 2.24) is 0 Å². The van der Waals surface area contributed by atoms with Gasteiger partial charge in [0.15, 0.2) is 0 Å². The third kappa shape index (κ3) is 3.34.